The van der Waals surface area contributed by atoms with Crippen molar-refractivity contribution in [3.63, 3.8) is 0 Å². The maximum absolute atomic E-state index is 13.5. The molecule has 1 aliphatic heterocycles. The molecule has 0 spiro atoms. The van der Waals surface area contributed by atoms with Crippen molar-refractivity contribution in [2.75, 3.05) is 0 Å². The number of carbonyl (C=O) groups excluding carboxylic acids is 1. The summed E-state index contributed by atoms with van der Waals surface area (Å²) in [7, 11) is 0. The molecule has 0 fully saturated rings. The average Bonchev–Trinajstić information content (AvgIpc) is 2.63. The SMILES string of the molecule is CC(C)/C=C1\N=C(c2cc(F)ccc2F)NC1=O. The third-order valence-electron chi connectivity index (χ3n) is 2.37. The van der Waals surface area contributed by atoms with E-state index < -0.39 is 17.5 Å². The number of halogens is 2. The molecule has 0 radical (unpaired) electrons. The molecule has 0 aliphatic carbocycles. The fraction of sp³-hybridized carbons (Fsp3) is 0.231. The van der Waals surface area contributed by atoms with Gasteiger partial charge in [0.1, 0.15) is 23.2 Å². The van der Waals surface area contributed by atoms with Gasteiger partial charge in [-0.3, -0.25) is 4.79 Å². The van der Waals surface area contributed by atoms with Crippen molar-refractivity contribution in [3.05, 3.63) is 47.2 Å². The first-order valence-electron chi connectivity index (χ1n) is 5.54. The molecule has 0 unspecified atom stereocenters. The van der Waals surface area contributed by atoms with Gasteiger partial charge in [-0.25, -0.2) is 13.8 Å². The van der Waals surface area contributed by atoms with Gasteiger partial charge >= 0.3 is 0 Å². The Balaban J connectivity index is 2.41. The van der Waals surface area contributed by atoms with Crippen molar-refractivity contribution < 1.29 is 13.6 Å². The van der Waals surface area contributed by atoms with Crippen LogP contribution in [0.4, 0.5) is 8.78 Å². The van der Waals surface area contributed by atoms with Crippen LogP contribution < -0.4 is 5.32 Å². The minimum Gasteiger partial charge on any atom is -0.305 e. The first kappa shape index (κ1) is 12.4. The molecule has 5 heteroatoms. The summed E-state index contributed by atoms with van der Waals surface area (Å²) in [6, 6.07) is 3.03. The second-order valence-corrected chi connectivity index (χ2v) is 4.33. The molecule has 0 saturated carbocycles. The molecular weight excluding hydrogens is 238 g/mol. The van der Waals surface area contributed by atoms with E-state index in [1.54, 1.807) is 6.08 Å². The summed E-state index contributed by atoms with van der Waals surface area (Å²) in [5.74, 6) is -1.41. The summed E-state index contributed by atoms with van der Waals surface area (Å²) < 4.78 is 26.6. The van der Waals surface area contributed by atoms with Gasteiger partial charge in [-0.05, 0) is 24.1 Å². The van der Waals surface area contributed by atoms with E-state index in [1.165, 1.54) is 0 Å². The molecule has 2 rings (SSSR count). The average molecular weight is 250 g/mol. The molecule has 1 amide bonds. The van der Waals surface area contributed by atoms with Gasteiger partial charge in [0.05, 0.1) is 5.56 Å². The maximum Gasteiger partial charge on any atom is 0.275 e. The van der Waals surface area contributed by atoms with Crippen LogP contribution in [0.5, 0.6) is 0 Å². The first-order chi connectivity index (χ1) is 8.47. The highest BCUT2D eigenvalue weighted by molar-refractivity contribution is 6.18. The van der Waals surface area contributed by atoms with Gasteiger partial charge in [0.15, 0.2) is 0 Å². The number of allylic oxidation sites excluding steroid dienone is 1. The van der Waals surface area contributed by atoms with Crippen molar-refractivity contribution >= 4 is 11.7 Å². The Kier molecular flexibility index (Phi) is 3.23. The van der Waals surface area contributed by atoms with E-state index in [1.807, 2.05) is 13.8 Å². The molecule has 18 heavy (non-hydrogen) atoms. The van der Waals surface area contributed by atoms with Crippen LogP contribution in [0.15, 0.2) is 35.0 Å². The van der Waals surface area contributed by atoms with Crippen molar-refractivity contribution in [1.82, 2.24) is 5.32 Å². The molecule has 3 nitrogen and oxygen atoms in total. The molecule has 94 valence electrons. The molecule has 1 heterocycles. The van der Waals surface area contributed by atoms with Crippen LogP contribution >= 0.6 is 0 Å². The monoisotopic (exact) mass is 250 g/mol. The number of rotatable bonds is 2. The van der Waals surface area contributed by atoms with Crippen molar-refractivity contribution in [2.45, 2.75) is 13.8 Å². The van der Waals surface area contributed by atoms with Crippen LogP contribution in [-0.2, 0) is 4.79 Å². The van der Waals surface area contributed by atoms with Crippen LogP contribution in [-0.4, -0.2) is 11.7 Å². The van der Waals surface area contributed by atoms with Crippen molar-refractivity contribution in [3.8, 4) is 0 Å². The smallest absolute Gasteiger partial charge is 0.275 e. The molecule has 1 aromatic rings. The quantitative estimate of drug-likeness (QED) is 0.804. The second kappa shape index (κ2) is 4.68. The summed E-state index contributed by atoms with van der Waals surface area (Å²) in [6.45, 7) is 3.80. The number of hydrogen-bond donors (Lipinski definition) is 1. The highest BCUT2D eigenvalue weighted by atomic mass is 19.1. The number of aliphatic imine (C=N–C) groups is 1. The highest BCUT2D eigenvalue weighted by Gasteiger charge is 2.23. The number of nitrogens with one attached hydrogen (secondary N) is 1. The zero-order chi connectivity index (χ0) is 13.3. The first-order valence-corrected chi connectivity index (χ1v) is 5.54. The fourth-order valence-corrected chi connectivity index (χ4v) is 1.61. The topological polar surface area (TPSA) is 41.5 Å². The lowest BCUT2D eigenvalue weighted by molar-refractivity contribution is -0.115. The Labute approximate surface area is 103 Å². The van der Waals surface area contributed by atoms with Gasteiger partial charge in [0.2, 0.25) is 0 Å². The van der Waals surface area contributed by atoms with E-state index in [0.717, 1.165) is 18.2 Å². The largest absolute Gasteiger partial charge is 0.305 e. The second-order valence-electron chi connectivity index (χ2n) is 4.33. The number of benzene rings is 1. The van der Waals surface area contributed by atoms with Crippen LogP contribution in [0.3, 0.4) is 0 Å². The molecular formula is C13H12F2N2O. The summed E-state index contributed by atoms with van der Waals surface area (Å²) in [5.41, 5.74) is 0.180. The van der Waals surface area contributed by atoms with Crippen LogP contribution in [0, 0.1) is 17.6 Å². The lowest BCUT2D eigenvalue weighted by atomic mass is 10.2. The lowest BCUT2D eigenvalue weighted by Gasteiger charge is -2.02. The molecule has 0 saturated heterocycles. The number of nitrogens with zero attached hydrogens (tertiary/aromatic N) is 1. The van der Waals surface area contributed by atoms with Crippen LogP contribution in [0.1, 0.15) is 19.4 Å². The summed E-state index contributed by atoms with van der Waals surface area (Å²) >= 11 is 0. The van der Waals surface area contributed by atoms with Gasteiger partial charge in [-0.1, -0.05) is 19.9 Å². The summed E-state index contributed by atoms with van der Waals surface area (Å²) in [5, 5.41) is 2.43. The fourth-order valence-electron chi connectivity index (χ4n) is 1.61. The third kappa shape index (κ3) is 2.45. The standard InChI is InChI=1S/C13H12F2N2O/c1-7(2)5-11-13(18)17-12(16-11)9-6-8(14)3-4-10(9)15/h3-7H,1-2H3,(H,16,17,18)/b11-5-. The molecule has 1 aromatic carbocycles. The van der Waals surface area contributed by atoms with E-state index in [4.69, 9.17) is 0 Å². The minimum atomic E-state index is -0.624. The number of amidine groups is 1. The van der Waals surface area contributed by atoms with E-state index in [9.17, 15) is 13.6 Å². The van der Waals surface area contributed by atoms with Crippen LogP contribution in [0.25, 0.3) is 0 Å². The Morgan fingerprint density at radius 1 is 1.33 bits per heavy atom. The predicted octanol–water partition coefficient (Wildman–Crippen LogP) is 2.38. The number of hydrogen-bond acceptors (Lipinski definition) is 2. The Hall–Kier alpha value is -2.04. The zero-order valence-electron chi connectivity index (χ0n) is 10.00. The number of carbonyl (C=O) groups is 1. The Morgan fingerprint density at radius 3 is 2.72 bits per heavy atom. The van der Waals surface area contributed by atoms with Gasteiger partial charge in [0.25, 0.3) is 5.91 Å². The van der Waals surface area contributed by atoms with Gasteiger partial charge in [-0.15, -0.1) is 0 Å². The van der Waals surface area contributed by atoms with Gasteiger partial charge in [0, 0.05) is 0 Å². The summed E-state index contributed by atoms with van der Waals surface area (Å²) in [6.07, 6.45) is 1.67. The normalized spacial score (nSPS) is 17.3. The van der Waals surface area contributed by atoms with Crippen LogP contribution in [0.2, 0.25) is 0 Å². The summed E-state index contributed by atoms with van der Waals surface area (Å²) in [4.78, 5) is 15.6. The Bertz CT molecular complexity index is 562. The third-order valence-corrected chi connectivity index (χ3v) is 2.37. The predicted molar refractivity (Wildman–Crippen MR) is 64.0 cm³/mol. The Morgan fingerprint density at radius 2 is 2.06 bits per heavy atom. The van der Waals surface area contributed by atoms with E-state index >= 15 is 0 Å². The van der Waals surface area contributed by atoms with Crippen molar-refractivity contribution in [2.24, 2.45) is 10.9 Å². The van der Waals surface area contributed by atoms with Gasteiger partial charge < -0.3 is 5.32 Å². The highest BCUT2D eigenvalue weighted by Crippen LogP contribution is 2.16. The van der Waals surface area contributed by atoms with E-state index in [2.05, 4.69) is 10.3 Å². The van der Waals surface area contributed by atoms with E-state index in [-0.39, 0.29) is 23.0 Å². The number of amides is 1. The zero-order valence-corrected chi connectivity index (χ0v) is 10.00. The molecule has 0 bridgehead atoms. The molecule has 1 N–H and O–H groups in total. The van der Waals surface area contributed by atoms with Gasteiger partial charge in [-0.2, -0.15) is 0 Å². The van der Waals surface area contributed by atoms with E-state index in [0.29, 0.717) is 0 Å². The van der Waals surface area contributed by atoms with Crippen molar-refractivity contribution in [1.29, 1.82) is 0 Å². The lowest BCUT2D eigenvalue weighted by Crippen LogP contribution is -2.25. The molecule has 0 atom stereocenters. The molecule has 0 aromatic heterocycles. The minimum absolute atomic E-state index is 0.0453. The maximum atomic E-state index is 13.5. The molecule has 1 aliphatic rings.